The van der Waals surface area contributed by atoms with E-state index in [0.717, 1.165) is 11.1 Å². The van der Waals surface area contributed by atoms with E-state index in [1.165, 1.54) is 6.07 Å². The molecule has 0 aliphatic carbocycles. The average Bonchev–Trinajstić information content (AvgIpc) is 2.42. The molecular formula is C14H20N2O3S. The van der Waals surface area contributed by atoms with E-state index in [1.54, 1.807) is 12.1 Å². The predicted octanol–water partition coefficient (Wildman–Crippen LogP) is 0.620. The third kappa shape index (κ3) is 4.94. The molecule has 1 aromatic carbocycles. The number of benzene rings is 1. The first-order valence-corrected chi connectivity index (χ1v) is 7.86. The molecule has 6 heteroatoms. The largest absolute Gasteiger partial charge is 0.380 e. The molecule has 0 fully saturated rings. The Morgan fingerprint density at radius 2 is 2.15 bits per heavy atom. The van der Waals surface area contributed by atoms with Crippen LogP contribution in [0.25, 0.3) is 0 Å². The molecule has 0 saturated carbocycles. The summed E-state index contributed by atoms with van der Waals surface area (Å²) in [5, 5.41) is 0. The van der Waals surface area contributed by atoms with Gasteiger partial charge < -0.3 is 10.5 Å². The highest BCUT2D eigenvalue weighted by atomic mass is 32.2. The van der Waals surface area contributed by atoms with Gasteiger partial charge in [0.2, 0.25) is 10.0 Å². The molecule has 110 valence electrons. The number of sulfonamides is 1. The lowest BCUT2D eigenvalue weighted by atomic mass is 10.1. The first-order chi connectivity index (χ1) is 9.51. The third-order valence-corrected chi connectivity index (χ3v) is 4.03. The van der Waals surface area contributed by atoms with E-state index >= 15 is 0 Å². The van der Waals surface area contributed by atoms with E-state index < -0.39 is 10.0 Å². The third-order valence-electron chi connectivity index (χ3n) is 2.58. The fourth-order valence-electron chi connectivity index (χ4n) is 1.57. The quantitative estimate of drug-likeness (QED) is 0.595. The minimum absolute atomic E-state index is 0.227. The molecule has 0 radical (unpaired) electrons. The molecule has 0 bridgehead atoms. The van der Waals surface area contributed by atoms with Gasteiger partial charge >= 0.3 is 0 Å². The zero-order valence-electron chi connectivity index (χ0n) is 11.8. The SMILES string of the molecule is CCOCCNS(=O)(=O)c1ccc(C#CCN)c(C)c1. The molecule has 0 spiro atoms. The van der Waals surface area contributed by atoms with Crippen LogP contribution in [0.5, 0.6) is 0 Å². The molecule has 1 rings (SSSR count). The summed E-state index contributed by atoms with van der Waals surface area (Å²) in [5.74, 6) is 5.65. The first kappa shape index (κ1) is 16.7. The van der Waals surface area contributed by atoms with E-state index in [9.17, 15) is 8.42 Å². The zero-order valence-corrected chi connectivity index (χ0v) is 12.6. The Labute approximate surface area is 120 Å². The Hall–Kier alpha value is -1.39. The van der Waals surface area contributed by atoms with Gasteiger partial charge in [-0.2, -0.15) is 0 Å². The molecule has 1 aromatic rings. The van der Waals surface area contributed by atoms with Crippen molar-refractivity contribution in [3.05, 3.63) is 29.3 Å². The van der Waals surface area contributed by atoms with Gasteiger partial charge in [-0.05, 0) is 37.6 Å². The summed E-state index contributed by atoms with van der Waals surface area (Å²) in [6, 6.07) is 4.83. The smallest absolute Gasteiger partial charge is 0.240 e. The van der Waals surface area contributed by atoms with Crippen molar-refractivity contribution in [3.8, 4) is 11.8 Å². The maximum Gasteiger partial charge on any atom is 0.240 e. The second kappa shape index (κ2) is 8.02. The minimum atomic E-state index is -3.50. The topological polar surface area (TPSA) is 81.4 Å². The van der Waals surface area contributed by atoms with E-state index in [2.05, 4.69) is 16.6 Å². The van der Waals surface area contributed by atoms with Crippen LogP contribution < -0.4 is 10.5 Å². The normalized spacial score (nSPS) is 10.9. The van der Waals surface area contributed by atoms with E-state index in [4.69, 9.17) is 10.5 Å². The van der Waals surface area contributed by atoms with Crippen molar-refractivity contribution in [2.75, 3.05) is 26.3 Å². The molecule has 5 nitrogen and oxygen atoms in total. The number of nitrogens with one attached hydrogen (secondary N) is 1. The lowest BCUT2D eigenvalue weighted by Gasteiger charge is -2.08. The Balaban J connectivity index is 2.83. The molecule has 0 aliphatic heterocycles. The number of aryl methyl sites for hydroxylation is 1. The minimum Gasteiger partial charge on any atom is -0.380 e. The molecule has 0 unspecified atom stereocenters. The van der Waals surface area contributed by atoms with E-state index in [0.29, 0.717) is 13.2 Å². The highest BCUT2D eigenvalue weighted by Crippen LogP contribution is 2.14. The summed E-state index contributed by atoms with van der Waals surface area (Å²) < 4.78 is 31.7. The maximum absolute atomic E-state index is 12.1. The van der Waals surface area contributed by atoms with Crippen molar-refractivity contribution in [1.29, 1.82) is 0 Å². The van der Waals surface area contributed by atoms with Crippen molar-refractivity contribution < 1.29 is 13.2 Å². The summed E-state index contributed by atoms with van der Waals surface area (Å²) in [7, 11) is -3.50. The van der Waals surface area contributed by atoms with Gasteiger partial charge in [0, 0.05) is 18.7 Å². The standard InChI is InChI=1S/C14H20N2O3S/c1-3-19-10-9-16-20(17,18)14-7-6-13(5-4-8-15)12(2)11-14/h6-7,11,16H,3,8-10,15H2,1-2H3. The van der Waals surface area contributed by atoms with Crippen LogP contribution in [0.3, 0.4) is 0 Å². The molecule has 0 amide bonds. The summed E-state index contributed by atoms with van der Waals surface area (Å²) in [5.41, 5.74) is 6.90. The molecule has 0 saturated heterocycles. The van der Waals surface area contributed by atoms with Crippen LogP contribution in [0.1, 0.15) is 18.1 Å². The van der Waals surface area contributed by atoms with E-state index in [1.807, 2.05) is 13.8 Å². The number of nitrogens with two attached hydrogens (primary N) is 1. The zero-order chi connectivity index (χ0) is 15.0. The van der Waals surface area contributed by atoms with Crippen LogP contribution in [0, 0.1) is 18.8 Å². The number of hydrogen-bond acceptors (Lipinski definition) is 4. The predicted molar refractivity (Wildman–Crippen MR) is 78.8 cm³/mol. The number of hydrogen-bond donors (Lipinski definition) is 2. The van der Waals surface area contributed by atoms with Crippen LogP contribution in [0.15, 0.2) is 23.1 Å². The van der Waals surface area contributed by atoms with Crippen LogP contribution in [-0.2, 0) is 14.8 Å². The van der Waals surface area contributed by atoms with Crippen LogP contribution >= 0.6 is 0 Å². The van der Waals surface area contributed by atoms with Gasteiger partial charge in [-0.15, -0.1) is 0 Å². The molecule has 20 heavy (non-hydrogen) atoms. The number of ether oxygens (including phenoxy) is 1. The van der Waals surface area contributed by atoms with Crippen molar-refractivity contribution in [3.63, 3.8) is 0 Å². The van der Waals surface area contributed by atoms with Crippen molar-refractivity contribution in [1.82, 2.24) is 4.72 Å². The number of rotatable bonds is 6. The van der Waals surface area contributed by atoms with Gasteiger partial charge in [-0.3, -0.25) is 0 Å². The van der Waals surface area contributed by atoms with Crippen molar-refractivity contribution in [2.45, 2.75) is 18.7 Å². The van der Waals surface area contributed by atoms with Crippen molar-refractivity contribution in [2.24, 2.45) is 5.73 Å². The fraction of sp³-hybridized carbons (Fsp3) is 0.429. The van der Waals surface area contributed by atoms with Gasteiger partial charge in [0.25, 0.3) is 0 Å². The van der Waals surface area contributed by atoms with Crippen LogP contribution in [0.2, 0.25) is 0 Å². The van der Waals surface area contributed by atoms with Gasteiger partial charge in [0.1, 0.15) is 0 Å². The lowest BCUT2D eigenvalue weighted by molar-refractivity contribution is 0.153. The molecule has 3 N–H and O–H groups in total. The molecule has 0 aliphatic rings. The summed E-state index contributed by atoms with van der Waals surface area (Å²) in [4.78, 5) is 0.227. The molecule has 0 heterocycles. The van der Waals surface area contributed by atoms with E-state index in [-0.39, 0.29) is 18.0 Å². The van der Waals surface area contributed by atoms with Gasteiger partial charge in [-0.25, -0.2) is 13.1 Å². The summed E-state index contributed by atoms with van der Waals surface area (Å²) >= 11 is 0. The Morgan fingerprint density at radius 3 is 2.75 bits per heavy atom. The maximum atomic E-state index is 12.1. The summed E-state index contributed by atoms with van der Waals surface area (Å²) in [6.07, 6.45) is 0. The van der Waals surface area contributed by atoms with Crippen LogP contribution in [0.4, 0.5) is 0 Å². The lowest BCUT2D eigenvalue weighted by Crippen LogP contribution is -2.27. The summed E-state index contributed by atoms with van der Waals surface area (Å²) in [6.45, 7) is 5.13. The molecular weight excluding hydrogens is 276 g/mol. The first-order valence-electron chi connectivity index (χ1n) is 6.38. The van der Waals surface area contributed by atoms with Gasteiger partial charge in [0.15, 0.2) is 0 Å². The van der Waals surface area contributed by atoms with Crippen molar-refractivity contribution >= 4 is 10.0 Å². The average molecular weight is 296 g/mol. The van der Waals surface area contributed by atoms with Gasteiger partial charge in [-0.1, -0.05) is 11.8 Å². The Morgan fingerprint density at radius 1 is 1.40 bits per heavy atom. The van der Waals surface area contributed by atoms with Crippen LogP contribution in [-0.4, -0.2) is 34.7 Å². The molecule has 0 atom stereocenters. The second-order valence-electron chi connectivity index (χ2n) is 4.08. The highest BCUT2D eigenvalue weighted by molar-refractivity contribution is 7.89. The monoisotopic (exact) mass is 296 g/mol. The second-order valence-corrected chi connectivity index (χ2v) is 5.84. The van der Waals surface area contributed by atoms with Gasteiger partial charge in [0.05, 0.1) is 18.0 Å². The Bertz CT molecular complexity index is 601. The highest BCUT2D eigenvalue weighted by Gasteiger charge is 2.14. The Kier molecular flexibility index (Phi) is 6.68. The fourth-order valence-corrected chi connectivity index (χ4v) is 2.66. The molecule has 0 aromatic heterocycles.